The number of hydrogen-bond donors (Lipinski definition) is 2. The lowest BCUT2D eigenvalue weighted by Gasteiger charge is -2.34. The highest BCUT2D eigenvalue weighted by atomic mass is 35.5. The van der Waals surface area contributed by atoms with E-state index in [-0.39, 0.29) is 29.9 Å². The zero-order chi connectivity index (χ0) is 26.2. The molecule has 3 fully saturated rings. The molecule has 37 heavy (non-hydrogen) atoms. The number of nitrogens with zero attached hydrogens (tertiary/aromatic N) is 1. The molecule has 1 spiro atoms. The molecule has 0 unspecified atom stereocenters. The Balaban J connectivity index is 1.39. The second-order valence-corrected chi connectivity index (χ2v) is 11.3. The Kier molecular flexibility index (Phi) is 7.61. The van der Waals surface area contributed by atoms with Gasteiger partial charge in [-0.15, -0.1) is 0 Å². The van der Waals surface area contributed by atoms with E-state index >= 15 is 0 Å². The smallest absolute Gasteiger partial charge is 0.246 e. The molecule has 3 aliphatic heterocycles. The van der Waals surface area contributed by atoms with Crippen LogP contribution in [-0.4, -0.2) is 65.7 Å². The summed E-state index contributed by atoms with van der Waals surface area (Å²) in [5.41, 5.74) is -0.559. The van der Waals surface area contributed by atoms with Crippen LogP contribution < -0.4 is 10.6 Å². The summed E-state index contributed by atoms with van der Waals surface area (Å²) >= 11 is 5.98. The topological polar surface area (TPSA) is 97.0 Å². The molecule has 1 aromatic rings. The number of rotatable bonds is 9. The maximum Gasteiger partial charge on any atom is 0.246 e. The van der Waals surface area contributed by atoms with Crippen molar-refractivity contribution in [2.45, 2.75) is 82.3 Å². The van der Waals surface area contributed by atoms with Crippen LogP contribution in [0.1, 0.15) is 52.4 Å². The maximum absolute atomic E-state index is 13.9. The van der Waals surface area contributed by atoms with E-state index in [1.165, 1.54) is 6.42 Å². The predicted molar refractivity (Wildman–Crippen MR) is 140 cm³/mol. The fourth-order valence-corrected chi connectivity index (χ4v) is 6.47. The summed E-state index contributed by atoms with van der Waals surface area (Å²) in [6.07, 6.45) is 9.04. The average Bonchev–Trinajstić information content (AvgIpc) is 3.51. The Hall–Kier alpha value is -2.42. The van der Waals surface area contributed by atoms with Gasteiger partial charge in [-0.3, -0.25) is 14.4 Å². The third-order valence-corrected chi connectivity index (χ3v) is 8.23. The van der Waals surface area contributed by atoms with E-state index in [2.05, 4.69) is 10.6 Å². The van der Waals surface area contributed by atoms with Crippen LogP contribution >= 0.6 is 11.6 Å². The molecule has 200 valence electrons. The number of benzene rings is 1. The van der Waals surface area contributed by atoms with E-state index in [0.29, 0.717) is 30.3 Å². The number of nitrogens with one attached hydrogen (secondary N) is 2. The Bertz CT molecular complexity index is 1050. The zero-order valence-corrected chi connectivity index (χ0v) is 22.2. The van der Waals surface area contributed by atoms with Gasteiger partial charge in [0.15, 0.2) is 0 Å². The number of carbonyl (C=O) groups excluding carboxylic acids is 3. The van der Waals surface area contributed by atoms with Gasteiger partial charge in [0.1, 0.15) is 11.6 Å². The molecule has 3 heterocycles. The third kappa shape index (κ3) is 5.03. The van der Waals surface area contributed by atoms with Crippen molar-refractivity contribution in [3.8, 4) is 0 Å². The van der Waals surface area contributed by atoms with E-state index in [1.54, 1.807) is 29.2 Å². The number of carbonyl (C=O) groups is 3. The fraction of sp³-hybridized carbons (Fsp3) is 0.607. The summed E-state index contributed by atoms with van der Waals surface area (Å²) in [6.45, 7) is 4.77. The first-order valence-corrected chi connectivity index (χ1v) is 13.8. The first-order valence-electron chi connectivity index (χ1n) is 13.5. The van der Waals surface area contributed by atoms with Crippen LogP contribution in [0.5, 0.6) is 0 Å². The van der Waals surface area contributed by atoms with E-state index < -0.39 is 29.6 Å². The van der Waals surface area contributed by atoms with Gasteiger partial charge in [-0.1, -0.05) is 43.0 Å². The Morgan fingerprint density at radius 2 is 1.89 bits per heavy atom. The third-order valence-electron chi connectivity index (χ3n) is 7.98. The molecule has 1 aromatic carbocycles. The monoisotopic (exact) mass is 529 g/mol. The largest absolute Gasteiger partial charge is 0.379 e. The van der Waals surface area contributed by atoms with Crippen molar-refractivity contribution in [2.24, 2.45) is 11.8 Å². The fourth-order valence-electron chi connectivity index (χ4n) is 6.35. The van der Waals surface area contributed by atoms with Gasteiger partial charge in [0.25, 0.3) is 0 Å². The Morgan fingerprint density at radius 3 is 2.59 bits per heavy atom. The molecular formula is C28H36ClN3O5. The van der Waals surface area contributed by atoms with Gasteiger partial charge in [-0.05, 0) is 57.4 Å². The summed E-state index contributed by atoms with van der Waals surface area (Å²) in [5.74, 6) is -2.20. The molecule has 5 rings (SSSR count). The summed E-state index contributed by atoms with van der Waals surface area (Å²) in [6, 6.07) is 6.12. The molecule has 4 aliphatic rings. The molecule has 1 saturated carbocycles. The molecular weight excluding hydrogens is 494 g/mol. The average molecular weight is 530 g/mol. The van der Waals surface area contributed by atoms with Gasteiger partial charge < -0.3 is 25.0 Å². The van der Waals surface area contributed by atoms with Crippen molar-refractivity contribution in [1.29, 1.82) is 0 Å². The Morgan fingerprint density at radius 1 is 1.16 bits per heavy atom. The summed E-state index contributed by atoms with van der Waals surface area (Å²) in [5, 5.41) is 6.69. The lowest BCUT2D eigenvalue weighted by atomic mass is 9.74. The second-order valence-electron chi connectivity index (χ2n) is 10.8. The highest BCUT2D eigenvalue weighted by Gasteiger charge is 2.72. The van der Waals surface area contributed by atoms with Crippen LogP contribution in [0.2, 0.25) is 5.02 Å². The molecule has 5 atom stereocenters. The van der Waals surface area contributed by atoms with Crippen molar-refractivity contribution in [1.82, 2.24) is 10.2 Å². The lowest BCUT2D eigenvalue weighted by Crippen LogP contribution is -2.56. The van der Waals surface area contributed by atoms with Crippen LogP contribution in [0.4, 0.5) is 5.69 Å². The minimum absolute atomic E-state index is 0.0838. The van der Waals surface area contributed by atoms with Crippen molar-refractivity contribution >= 4 is 35.0 Å². The van der Waals surface area contributed by atoms with Gasteiger partial charge in [-0.2, -0.15) is 0 Å². The van der Waals surface area contributed by atoms with E-state index in [4.69, 9.17) is 21.1 Å². The first kappa shape index (κ1) is 26.2. The minimum atomic E-state index is -1.15. The standard InChI is InChI=1S/C28H36ClN3O5/c1-17(2)36-16-6-15-32-24(26(34)31-19-7-4-3-5-8-19)28-14-13-21(37-28)22(23(28)27(32)35)25(33)30-20-11-9-18(29)10-12-20/h9-14,17,19,21-24H,3-8,15-16H2,1-2H3,(H,30,33)(H,31,34)/t21-,22+,23-,24+,28+/m1/s1. The first-order chi connectivity index (χ1) is 17.8. The number of anilines is 1. The number of halogens is 1. The summed E-state index contributed by atoms with van der Waals surface area (Å²) < 4.78 is 12.1. The van der Waals surface area contributed by atoms with Crippen molar-refractivity contribution in [3.05, 3.63) is 41.4 Å². The highest BCUT2D eigenvalue weighted by Crippen LogP contribution is 2.55. The van der Waals surface area contributed by atoms with Gasteiger partial charge >= 0.3 is 0 Å². The number of fused-ring (bicyclic) bond motifs is 1. The number of amides is 3. The molecule has 0 radical (unpaired) electrons. The molecule has 3 amide bonds. The molecule has 8 nitrogen and oxygen atoms in total. The van der Waals surface area contributed by atoms with Gasteiger partial charge in [0, 0.05) is 29.9 Å². The van der Waals surface area contributed by atoms with Crippen LogP contribution in [-0.2, 0) is 23.9 Å². The summed E-state index contributed by atoms with van der Waals surface area (Å²) in [4.78, 5) is 42.8. The number of ether oxygens (including phenoxy) is 2. The van der Waals surface area contributed by atoms with Crippen LogP contribution in [0, 0.1) is 11.8 Å². The minimum Gasteiger partial charge on any atom is -0.379 e. The van der Waals surface area contributed by atoms with Gasteiger partial charge in [-0.25, -0.2) is 0 Å². The van der Waals surface area contributed by atoms with Crippen molar-refractivity contribution in [2.75, 3.05) is 18.5 Å². The highest BCUT2D eigenvalue weighted by molar-refractivity contribution is 6.30. The van der Waals surface area contributed by atoms with Crippen LogP contribution in [0.3, 0.4) is 0 Å². The molecule has 9 heteroatoms. The quantitative estimate of drug-likeness (QED) is 0.375. The SMILES string of the molecule is CC(C)OCCCN1C(=O)[C@H]2[C@@H](C(=O)Nc3ccc(Cl)cc3)[C@H]3C=C[C@@]2(O3)[C@@H]1C(=O)NC1CCCCC1. The van der Waals surface area contributed by atoms with E-state index in [0.717, 1.165) is 25.7 Å². The predicted octanol–water partition coefficient (Wildman–Crippen LogP) is 3.69. The molecule has 2 saturated heterocycles. The zero-order valence-electron chi connectivity index (χ0n) is 21.5. The molecule has 2 N–H and O–H groups in total. The van der Waals surface area contributed by atoms with E-state index in [1.807, 2.05) is 26.0 Å². The molecule has 2 bridgehead atoms. The van der Waals surface area contributed by atoms with Gasteiger partial charge in [0.05, 0.1) is 24.0 Å². The van der Waals surface area contributed by atoms with Crippen LogP contribution in [0.15, 0.2) is 36.4 Å². The summed E-state index contributed by atoms with van der Waals surface area (Å²) in [7, 11) is 0. The molecule has 1 aliphatic carbocycles. The van der Waals surface area contributed by atoms with Crippen LogP contribution in [0.25, 0.3) is 0 Å². The molecule has 0 aromatic heterocycles. The Labute approximate surface area is 223 Å². The number of hydrogen-bond acceptors (Lipinski definition) is 5. The van der Waals surface area contributed by atoms with E-state index in [9.17, 15) is 14.4 Å². The second kappa shape index (κ2) is 10.8. The number of likely N-dealkylation sites (tertiary alicyclic amines) is 1. The van der Waals surface area contributed by atoms with Gasteiger partial charge in [0.2, 0.25) is 17.7 Å². The normalized spacial score (nSPS) is 30.7. The maximum atomic E-state index is 13.9. The van der Waals surface area contributed by atoms with Crippen molar-refractivity contribution < 1.29 is 23.9 Å². The lowest BCUT2D eigenvalue weighted by molar-refractivity contribution is -0.141. The van der Waals surface area contributed by atoms with Crippen molar-refractivity contribution in [3.63, 3.8) is 0 Å².